The molecule has 1 aliphatic heterocycles. The average Bonchev–Trinajstić information content (AvgIpc) is 2.88. The molecule has 33 heavy (non-hydrogen) atoms. The van der Waals surface area contributed by atoms with Crippen molar-refractivity contribution < 1.29 is 23.7 Å². The second-order valence-corrected chi connectivity index (χ2v) is 8.17. The van der Waals surface area contributed by atoms with Gasteiger partial charge in [-0.15, -0.1) is 0 Å². The van der Waals surface area contributed by atoms with Crippen molar-refractivity contribution in [2.75, 3.05) is 20.3 Å². The minimum absolute atomic E-state index is 0.240. The van der Waals surface area contributed by atoms with Gasteiger partial charge in [-0.05, 0) is 16.7 Å². The molecule has 0 saturated carbocycles. The van der Waals surface area contributed by atoms with Crippen LogP contribution in [-0.2, 0) is 43.5 Å². The molecule has 5 heteroatoms. The second kappa shape index (κ2) is 12.6. The van der Waals surface area contributed by atoms with Crippen molar-refractivity contribution in [2.45, 2.75) is 44.2 Å². The molecule has 174 valence electrons. The second-order valence-electron chi connectivity index (χ2n) is 8.17. The molecular weight excluding hydrogens is 416 g/mol. The maximum Gasteiger partial charge on any atom is 0.115 e. The van der Waals surface area contributed by atoms with Gasteiger partial charge in [-0.2, -0.15) is 0 Å². The summed E-state index contributed by atoms with van der Waals surface area (Å²) in [5, 5.41) is 0. The summed E-state index contributed by atoms with van der Waals surface area (Å²) in [6, 6.07) is 30.4. The average molecular weight is 449 g/mol. The zero-order chi connectivity index (χ0) is 22.7. The number of rotatable bonds is 11. The van der Waals surface area contributed by atoms with E-state index in [4.69, 9.17) is 23.7 Å². The van der Waals surface area contributed by atoms with Crippen molar-refractivity contribution >= 4 is 0 Å². The first kappa shape index (κ1) is 23.6. The number of methoxy groups -OCH3 is 1. The largest absolute Gasteiger partial charge is 0.376 e. The molecule has 1 heterocycles. The van der Waals surface area contributed by atoms with Gasteiger partial charge in [0, 0.05) is 7.11 Å². The third kappa shape index (κ3) is 6.97. The predicted octanol–water partition coefficient (Wildman–Crippen LogP) is 4.79. The Hall–Kier alpha value is -2.54. The highest BCUT2D eigenvalue weighted by Gasteiger charge is 2.42. The van der Waals surface area contributed by atoms with E-state index in [9.17, 15) is 0 Å². The van der Waals surface area contributed by atoms with Crippen molar-refractivity contribution in [1.82, 2.24) is 0 Å². The number of hydrogen-bond donors (Lipinski definition) is 0. The smallest absolute Gasteiger partial charge is 0.115 e. The van der Waals surface area contributed by atoms with Crippen molar-refractivity contribution in [3.8, 4) is 0 Å². The summed E-state index contributed by atoms with van der Waals surface area (Å²) in [7, 11) is 1.69. The summed E-state index contributed by atoms with van der Waals surface area (Å²) in [5.74, 6) is 0. The minimum Gasteiger partial charge on any atom is -0.376 e. The molecule has 2 unspecified atom stereocenters. The Kier molecular flexibility index (Phi) is 9.04. The molecule has 4 atom stereocenters. The standard InChI is InChI=1S/C28H32O5/c1-29-27-25(20-30-17-22-11-5-2-6-12-22)32-21-26(31-18-23-13-7-3-8-14-23)28(27)33-19-24-15-9-4-10-16-24/h2-16,25-28H,17-21H2,1H3/t25?,26?,27-,28-/m0/s1. The molecule has 4 rings (SSSR count). The van der Waals surface area contributed by atoms with Crippen LogP contribution in [0.15, 0.2) is 91.0 Å². The first-order chi connectivity index (χ1) is 16.3. The molecule has 0 aliphatic carbocycles. The molecule has 1 saturated heterocycles. The van der Waals surface area contributed by atoms with E-state index in [1.165, 1.54) is 0 Å². The molecule has 1 fully saturated rings. The first-order valence-electron chi connectivity index (χ1n) is 11.4. The van der Waals surface area contributed by atoms with Crippen LogP contribution in [0.1, 0.15) is 16.7 Å². The lowest BCUT2D eigenvalue weighted by Gasteiger charge is -2.41. The van der Waals surface area contributed by atoms with Gasteiger partial charge >= 0.3 is 0 Å². The van der Waals surface area contributed by atoms with E-state index in [-0.39, 0.29) is 24.4 Å². The molecule has 0 N–H and O–H groups in total. The highest BCUT2D eigenvalue weighted by molar-refractivity contribution is 5.15. The van der Waals surface area contributed by atoms with Gasteiger partial charge in [-0.1, -0.05) is 91.0 Å². The summed E-state index contributed by atoms with van der Waals surface area (Å²) in [6.07, 6.45) is -1.07. The van der Waals surface area contributed by atoms with Crippen LogP contribution in [0.4, 0.5) is 0 Å². The van der Waals surface area contributed by atoms with Crippen LogP contribution < -0.4 is 0 Å². The summed E-state index contributed by atoms with van der Waals surface area (Å²) in [6.45, 7) is 2.34. The van der Waals surface area contributed by atoms with Crippen LogP contribution in [0.5, 0.6) is 0 Å². The fourth-order valence-electron chi connectivity index (χ4n) is 4.02. The molecule has 3 aromatic carbocycles. The summed E-state index contributed by atoms with van der Waals surface area (Å²) >= 11 is 0. The molecule has 0 spiro atoms. The van der Waals surface area contributed by atoms with Crippen LogP contribution in [0.3, 0.4) is 0 Å². The fraction of sp³-hybridized carbons (Fsp3) is 0.357. The Labute approximate surface area is 196 Å². The maximum absolute atomic E-state index is 6.38. The van der Waals surface area contributed by atoms with Crippen LogP contribution in [-0.4, -0.2) is 44.7 Å². The first-order valence-corrected chi connectivity index (χ1v) is 11.4. The van der Waals surface area contributed by atoms with E-state index in [1.54, 1.807) is 7.11 Å². The van der Waals surface area contributed by atoms with Gasteiger partial charge in [0.1, 0.15) is 24.4 Å². The van der Waals surface area contributed by atoms with E-state index < -0.39 is 0 Å². The van der Waals surface area contributed by atoms with Crippen LogP contribution in [0.2, 0.25) is 0 Å². The van der Waals surface area contributed by atoms with Gasteiger partial charge in [0.15, 0.2) is 0 Å². The minimum atomic E-state index is -0.306. The molecule has 3 aromatic rings. The van der Waals surface area contributed by atoms with Crippen LogP contribution >= 0.6 is 0 Å². The van der Waals surface area contributed by atoms with Crippen molar-refractivity contribution in [3.63, 3.8) is 0 Å². The Morgan fingerprint density at radius 3 is 1.73 bits per heavy atom. The monoisotopic (exact) mass is 448 g/mol. The normalized spacial score (nSPS) is 22.8. The number of ether oxygens (including phenoxy) is 5. The third-order valence-corrected chi connectivity index (χ3v) is 5.79. The van der Waals surface area contributed by atoms with Crippen molar-refractivity contribution in [2.24, 2.45) is 0 Å². The Morgan fingerprint density at radius 1 is 0.667 bits per heavy atom. The SMILES string of the molecule is CO[C@H]1C(COCc2ccccc2)OCC(OCc2ccccc2)[C@@H]1OCc1ccccc1. The third-order valence-electron chi connectivity index (χ3n) is 5.79. The highest BCUT2D eigenvalue weighted by Crippen LogP contribution is 2.26. The highest BCUT2D eigenvalue weighted by atomic mass is 16.6. The predicted molar refractivity (Wildman–Crippen MR) is 127 cm³/mol. The molecule has 1 aliphatic rings. The van der Waals surface area contributed by atoms with Crippen LogP contribution in [0, 0.1) is 0 Å². The van der Waals surface area contributed by atoms with Gasteiger partial charge in [0.05, 0.1) is 33.0 Å². The van der Waals surface area contributed by atoms with Gasteiger partial charge in [0.2, 0.25) is 0 Å². The van der Waals surface area contributed by atoms with E-state index in [2.05, 4.69) is 36.4 Å². The molecule has 5 nitrogen and oxygen atoms in total. The number of benzene rings is 3. The fourth-order valence-corrected chi connectivity index (χ4v) is 4.02. The van der Waals surface area contributed by atoms with Gasteiger partial charge in [-0.25, -0.2) is 0 Å². The molecule has 0 aromatic heterocycles. The Morgan fingerprint density at radius 2 is 1.18 bits per heavy atom. The Balaban J connectivity index is 1.40. The zero-order valence-electron chi connectivity index (χ0n) is 19.0. The van der Waals surface area contributed by atoms with Crippen molar-refractivity contribution in [1.29, 1.82) is 0 Å². The maximum atomic E-state index is 6.38. The lowest BCUT2D eigenvalue weighted by Crippen LogP contribution is -2.57. The molecule has 0 bridgehead atoms. The lowest BCUT2D eigenvalue weighted by atomic mass is 9.99. The lowest BCUT2D eigenvalue weighted by molar-refractivity contribution is -0.238. The summed E-state index contributed by atoms with van der Waals surface area (Å²) in [5.41, 5.74) is 3.35. The Bertz CT molecular complexity index is 919. The number of hydrogen-bond acceptors (Lipinski definition) is 5. The van der Waals surface area contributed by atoms with Crippen molar-refractivity contribution in [3.05, 3.63) is 108 Å². The molecule has 0 radical (unpaired) electrons. The topological polar surface area (TPSA) is 46.2 Å². The summed E-state index contributed by atoms with van der Waals surface area (Å²) < 4.78 is 30.6. The summed E-state index contributed by atoms with van der Waals surface area (Å²) in [4.78, 5) is 0. The van der Waals surface area contributed by atoms with Crippen LogP contribution in [0.25, 0.3) is 0 Å². The quantitative estimate of drug-likeness (QED) is 0.422. The van der Waals surface area contributed by atoms with E-state index in [1.807, 2.05) is 54.6 Å². The van der Waals surface area contributed by atoms with Gasteiger partial charge in [0.25, 0.3) is 0 Å². The van der Waals surface area contributed by atoms with Gasteiger partial charge in [-0.3, -0.25) is 0 Å². The van der Waals surface area contributed by atoms with E-state index in [0.29, 0.717) is 33.0 Å². The molecule has 0 amide bonds. The van der Waals surface area contributed by atoms with Gasteiger partial charge < -0.3 is 23.7 Å². The molecular formula is C28H32O5. The zero-order valence-corrected chi connectivity index (χ0v) is 19.0. The van der Waals surface area contributed by atoms with E-state index >= 15 is 0 Å². The van der Waals surface area contributed by atoms with E-state index in [0.717, 1.165) is 16.7 Å².